The largest absolute Gasteiger partial charge is 0.381 e. The first-order chi connectivity index (χ1) is 11.9. The lowest BCUT2D eigenvalue weighted by molar-refractivity contribution is 0.0625. The van der Waals surface area contributed by atoms with Crippen molar-refractivity contribution in [3.63, 3.8) is 0 Å². The SMILES string of the molecule is CN=C(NCC(C)(C)c1ccccc1Cl)N(C)CCC1CCOCC1. The summed E-state index contributed by atoms with van der Waals surface area (Å²) in [5.74, 6) is 1.71. The van der Waals surface area contributed by atoms with E-state index < -0.39 is 0 Å². The first-order valence-corrected chi connectivity index (χ1v) is 9.56. The van der Waals surface area contributed by atoms with Crippen molar-refractivity contribution in [2.75, 3.05) is 40.4 Å². The molecule has 1 aliphatic rings. The number of hydrogen-bond acceptors (Lipinski definition) is 2. The van der Waals surface area contributed by atoms with E-state index >= 15 is 0 Å². The molecule has 0 aliphatic carbocycles. The summed E-state index contributed by atoms with van der Waals surface area (Å²) in [7, 11) is 3.95. The third-order valence-corrected chi connectivity index (χ3v) is 5.41. The molecule has 1 saturated heterocycles. The van der Waals surface area contributed by atoms with Gasteiger partial charge in [0.2, 0.25) is 0 Å². The lowest BCUT2D eigenvalue weighted by Crippen LogP contribution is -2.45. The molecule has 0 radical (unpaired) electrons. The van der Waals surface area contributed by atoms with Crippen LogP contribution >= 0.6 is 11.6 Å². The molecule has 1 aromatic rings. The summed E-state index contributed by atoms with van der Waals surface area (Å²) in [5.41, 5.74) is 1.08. The fraction of sp³-hybridized carbons (Fsp3) is 0.650. The van der Waals surface area contributed by atoms with Crippen LogP contribution in [0.15, 0.2) is 29.3 Å². The van der Waals surface area contributed by atoms with Crippen molar-refractivity contribution in [1.82, 2.24) is 10.2 Å². The molecule has 0 spiro atoms. The molecule has 2 rings (SSSR count). The maximum absolute atomic E-state index is 6.38. The molecule has 1 fully saturated rings. The number of hydrogen-bond donors (Lipinski definition) is 1. The third-order valence-electron chi connectivity index (χ3n) is 5.08. The maximum atomic E-state index is 6.38. The van der Waals surface area contributed by atoms with Crippen LogP contribution in [0.2, 0.25) is 5.02 Å². The Morgan fingerprint density at radius 3 is 2.64 bits per heavy atom. The van der Waals surface area contributed by atoms with Gasteiger partial charge in [-0.2, -0.15) is 0 Å². The normalized spacial score (nSPS) is 16.8. The number of guanidine groups is 1. The summed E-state index contributed by atoms with van der Waals surface area (Å²) in [6.07, 6.45) is 3.55. The Morgan fingerprint density at radius 1 is 1.32 bits per heavy atom. The summed E-state index contributed by atoms with van der Waals surface area (Å²) in [4.78, 5) is 6.67. The van der Waals surface area contributed by atoms with Gasteiger partial charge in [0.25, 0.3) is 0 Å². The molecule has 140 valence electrons. The molecule has 1 heterocycles. The molecule has 1 N–H and O–H groups in total. The van der Waals surface area contributed by atoms with Gasteiger partial charge in [-0.25, -0.2) is 0 Å². The molecule has 0 saturated carbocycles. The highest BCUT2D eigenvalue weighted by molar-refractivity contribution is 6.31. The van der Waals surface area contributed by atoms with Gasteiger partial charge in [-0.1, -0.05) is 43.6 Å². The second kappa shape index (κ2) is 9.44. The van der Waals surface area contributed by atoms with Crippen LogP contribution in [0, 0.1) is 5.92 Å². The zero-order chi connectivity index (χ0) is 18.3. The molecule has 0 bridgehead atoms. The van der Waals surface area contributed by atoms with Crippen molar-refractivity contribution in [3.8, 4) is 0 Å². The lowest BCUT2D eigenvalue weighted by atomic mass is 9.84. The Kier molecular flexibility index (Phi) is 7.57. The highest BCUT2D eigenvalue weighted by Gasteiger charge is 2.24. The number of nitrogens with zero attached hydrogens (tertiary/aromatic N) is 2. The molecule has 0 amide bonds. The van der Waals surface area contributed by atoms with Crippen LogP contribution in [-0.2, 0) is 10.2 Å². The lowest BCUT2D eigenvalue weighted by Gasteiger charge is -2.31. The van der Waals surface area contributed by atoms with Gasteiger partial charge < -0.3 is 15.0 Å². The quantitative estimate of drug-likeness (QED) is 0.612. The van der Waals surface area contributed by atoms with Crippen molar-refractivity contribution in [3.05, 3.63) is 34.9 Å². The van der Waals surface area contributed by atoms with Crippen molar-refractivity contribution < 1.29 is 4.74 Å². The van der Waals surface area contributed by atoms with Crippen LogP contribution < -0.4 is 5.32 Å². The van der Waals surface area contributed by atoms with Crippen molar-refractivity contribution in [2.45, 2.75) is 38.5 Å². The highest BCUT2D eigenvalue weighted by atomic mass is 35.5. The van der Waals surface area contributed by atoms with Gasteiger partial charge in [0.05, 0.1) is 0 Å². The average molecular weight is 366 g/mol. The third kappa shape index (κ3) is 5.89. The molecular weight excluding hydrogens is 334 g/mol. The summed E-state index contributed by atoms with van der Waals surface area (Å²) >= 11 is 6.38. The Balaban J connectivity index is 1.87. The Bertz CT molecular complexity index is 568. The first kappa shape index (κ1) is 20.1. The zero-order valence-corrected chi connectivity index (χ0v) is 16.8. The highest BCUT2D eigenvalue weighted by Crippen LogP contribution is 2.29. The summed E-state index contributed by atoms with van der Waals surface area (Å²) in [6, 6.07) is 8.06. The molecule has 0 aromatic heterocycles. The topological polar surface area (TPSA) is 36.9 Å². The van der Waals surface area contributed by atoms with E-state index in [0.29, 0.717) is 0 Å². The minimum Gasteiger partial charge on any atom is -0.381 e. The second-order valence-electron chi connectivity index (χ2n) is 7.53. The molecule has 1 aliphatic heterocycles. The van der Waals surface area contributed by atoms with Crippen molar-refractivity contribution in [2.24, 2.45) is 10.9 Å². The van der Waals surface area contributed by atoms with Gasteiger partial charge in [0.1, 0.15) is 0 Å². The summed E-state index contributed by atoms with van der Waals surface area (Å²) < 4.78 is 5.44. The Hall–Kier alpha value is -1.26. The standard InChI is InChI=1S/C20H32ClN3O/c1-20(2,17-7-5-6-8-18(17)21)15-23-19(22-3)24(4)12-9-16-10-13-25-14-11-16/h5-8,16H,9-15H2,1-4H3,(H,22,23). The van der Waals surface area contributed by atoms with Crippen LogP contribution in [0.5, 0.6) is 0 Å². The zero-order valence-electron chi connectivity index (χ0n) is 16.0. The number of nitrogens with one attached hydrogen (secondary N) is 1. The van der Waals surface area contributed by atoms with Crippen LogP contribution in [0.1, 0.15) is 38.7 Å². The van der Waals surface area contributed by atoms with E-state index in [2.05, 4.69) is 42.2 Å². The van der Waals surface area contributed by atoms with E-state index in [0.717, 1.165) is 48.8 Å². The first-order valence-electron chi connectivity index (χ1n) is 9.18. The van der Waals surface area contributed by atoms with E-state index in [1.54, 1.807) is 0 Å². The van der Waals surface area contributed by atoms with E-state index in [1.807, 2.05) is 25.2 Å². The maximum Gasteiger partial charge on any atom is 0.193 e. The van der Waals surface area contributed by atoms with Gasteiger partial charge in [-0.3, -0.25) is 4.99 Å². The fourth-order valence-electron chi connectivity index (χ4n) is 3.31. The molecule has 0 atom stereocenters. The van der Waals surface area contributed by atoms with Gasteiger partial charge in [0.15, 0.2) is 5.96 Å². The van der Waals surface area contributed by atoms with Gasteiger partial charge in [-0.15, -0.1) is 0 Å². The van der Waals surface area contributed by atoms with Crippen LogP contribution in [-0.4, -0.2) is 51.3 Å². The average Bonchev–Trinajstić information content (AvgIpc) is 2.61. The van der Waals surface area contributed by atoms with Crippen molar-refractivity contribution >= 4 is 17.6 Å². The van der Waals surface area contributed by atoms with Crippen LogP contribution in [0.4, 0.5) is 0 Å². The predicted octanol–water partition coefficient (Wildman–Crippen LogP) is 3.94. The molecular formula is C20H32ClN3O. The molecule has 25 heavy (non-hydrogen) atoms. The Morgan fingerprint density at radius 2 is 2.00 bits per heavy atom. The van der Waals surface area contributed by atoms with E-state index in [-0.39, 0.29) is 5.41 Å². The van der Waals surface area contributed by atoms with E-state index in [1.165, 1.54) is 19.3 Å². The van der Waals surface area contributed by atoms with Crippen molar-refractivity contribution in [1.29, 1.82) is 0 Å². The van der Waals surface area contributed by atoms with Gasteiger partial charge in [-0.05, 0) is 36.8 Å². The minimum atomic E-state index is -0.0736. The van der Waals surface area contributed by atoms with E-state index in [4.69, 9.17) is 16.3 Å². The van der Waals surface area contributed by atoms with Crippen LogP contribution in [0.3, 0.4) is 0 Å². The van der Waals surface area contributed by atoms with Gasteiger partial charge in [0, 0.05) is 50.8 Å². The molecule has 1 aromatic carbocycles. The van der Waals surface area contributed by atoms with E-state index in [9.17, 15) is 0 Å². The smallest absolute Gasteiger partial charge is 0.193 e. The number of ether oxygens (including phenoxy) is 1. The fourth-order valence-corrected chi connectivity index (χ4v) is 3.70. The molecule has 5 heteroatoms. The number of rotatable bonds is 6. The van der Waals surface area contributed by atoms with Crippen LogP contribution in [0.25, 0.3) is 0 Å². The minimum absolute atomic E-state index is 0.0736. The molecule has 4 nitrogen and oxygen atoms in total. The van der Waals surface area contributed by atoms with Gasteiger partial charge >= 0.3 is 0 Å². The number of aliphatic imine (C=N–C) groups is 1. The Labute approximate surface area is 157 Å². The molecule has 0 unspecified atom stereocenters. The summed E-state index contributed by atoms with van der Waals surface area (Å²) in [5, 5.41) is 4.33. The summed E-state index contributed by atoms with van der Waals surface area (Å²) in [6.45, 7) is 8.02. The number of halogens is 1. The predicted molar refractivity (Wildman–Crippen MR) is 107 cm³/mol. The monoisotopic (exact) mass is 365 g/mol. The number of benzene rings is 1. The second-order valence-corrected chi connectivity index (χ2v) is 7.94.